The lowest BCUT2D eigenvalue weighted by Crippen LogP contribution is -2.59. The van der Waals surface area contributed by atoms with Gasteiger partial charge in [-0.05, 0) is 29.9 Å². The normalized spacial score (nSPS) is 24.9. The van der Waals surface area contributed by atoms with E-state index in [0.29, 0.717) is 17.5 Å². The van der Waals surface area contributed by atoms with Gasteiger partial charge in [0, 0.05) is 31.7 Å². The molecule has 112 valence electrons. The fourth-order valence-corrected chi connectivity index (χ4v) is 2.84. The maximum Gasteiger partial charge on any atom is 0.0244 e. The number of rotatable bonds is 3. The molecule has 1 saturated heterocycles. The lowest BCUT2D eigenvalue weighted by molar-refractivity contribution is 0.0877. The Kier molecular flexibility index (Phi) is 4.87. The van der Waals surface area contributed by atoms with Crippen LogP contribution in [0.3, 0.4) is 0 Å². The summed E-state index contributed by atoms with van der Waals surface area (Å²) in [6, 6.07) is 10.3. The Morgan fingerprint density at radius 1 is 1.15 bits per heavy atom. The third-order valence-corrected chi connectivity index (χ3v) is 4.56. The number of nitrogens with zero attached hydrogens (tertiary/aromatic N) is 1. The number of hydrogen-bond donors (Lipinski definition) is 1. The first kappa shape index (κ1) is 15.5. The zero-order chi connectivity index (χ0) is 14.8. The van der Waals surface area contributed by atoms with Gasteiger partial charge < -0.3 is 5.32 Å². The molecule has 0 bridgehead atoms. The van der Waals surface area contributed by atoms with Crippen molar-refractivity contribution in [3.63, 3.8) is 0 Å². The van der Waals surface area contributed by atoms with Crippen LogP contribution < -0.4 is 5.32 Å². The Bertz CT molecular complexity index is 416. The topological polar surface area (TPSA) is 15.3 Å². The van der Waals surface area contributed by atoms with Gasteiger partial charge in [0.1, 0.15) is 0 Å². The standard InChI is InChI=1S/C18H30N2/c1-6-15-7-9-16(10-8-15)12-20-13-17(18(3,4)5)19-11-14(20)2/h7-10,14,17,19H,6,11-13H2,1-5H3. The first-order valence-corrected chi connectivity index (χ1v) is 7.95. The minimum absolute atomic E-state index is 0.324. The molecule has 1 aromatic carbocycles. The average Bonchev–Trinajstić information content (AvgIpc) is 2.41. The minimum Gasteiger partial charge on any atom is -0.311 e. The highest BCUT2D eigenvalue weighted by Crippen LogP contribution is 2.24. The molecule has 0 amide bonds. The highest BCUT2D eigenvalue weighted by Gasteiger charge is 2.32. The van der Waals surface area contributed by atoms with Gasteiger partial charge in [0.15, 0.2) is 0 Å². The maximum absolute atomic E-state index is 3.70. The highest BCUT2D eigenvalue weighted by molar-refractivity contribution is 5.22. The van der Waals surface area contributed by atoms with E-state index in [0.717, 1.165) is 26.1 Å². The molecule has 1 fully saturated rings. The van der Waals surface area contributed by atoms with Gasteiger partial charge in [-0.3, -0.25) is 4.90 Å². The zero-order valence-electron chi connectivity index (χ0n) is 13.7. The summed E-state index contributed by atoms with van der Waals surface area (Å²) in [6.45, 7) is 14.8. The molecule has 1 aliphatic rings. The number of benzene rings is 1. The van der Waals surface area contributed by atoms with Crippen LogP contribution in [0.2, 0.25) is 0 Å². The van der Waals surface area contributed by atoms with E-state index in [-0.39, 0.29) is 0 Å². The Morgan fingerprint density at radius 3 is 2.30 bits per heavy atom. The fraction of sp³-hybridized carbons (Fsp3) is 0.667. The van der Waals surface area contributed by atoms with Crippen molar-refractivity contribution in [2.24, 2.45) is 5.41 Å². The summed E-state index contributed by atoms with van der Waals surface area (Å²) in [5, 5.41) is 3.70. The molecule has 2 unspecified atom stereocenters. The summed E-state index contributed by atoms with van der Waals surface area (Å²) >= 11 is 0. The SMILES string of the molecule is CCc1ccc(CN2CC(C(C)(C)C)NCC2C)cc1. The first-order valence-electron chi connectivity index (χ1n) is 7.95. The summed E-state index contributed by atoms with van der Waals surface area (Å²) in [5.74, 6) is 0. The number of piperazine rings is 1. The smallest absolute Gasteiger partial charge is 0.0244 e. The van der Waals surface area contributed by atoms with Crippen molar-refractivity contribution in [1.82, 2.24) is 10.2 Å². The van der Waals surface area contributed by atoms with Crippen LogP contribution in [0.5, 0.6) is 0 Å². The second-order valence-corrected chi connectivity index (χ2v) is 7.28. The van der Waals surface area contributed by atoms with E-state index in [1.807, 2.05) is 0 Å². The Balaban J connectivity index is 2.02. The second kappa shape index (κ2) is 6.28. The van der Waals surface area contributed by atoms with Crippen molar-refractivity contribution in [3.05, 3.63) is 35.4 Å². The Hall–Kier alpha value is -0.860. The maximum atomic E-state index is 3.70. The van der Waals surface area contributed by atoms with Crippen LogP contribution in [-0.2, 0) is 13.0 Å². The van der Waals surface area contributed by atoms with Crippen molar-refractivity contribution in [2.75, 3.05) is 13.1 Å². The zero-order valence-corrected chi connectivity index (χ0v) is 13.7. The molecule has 2 atom stereocenters. The molecular weight excluding hydrogens is 244 g/mol. The summed E-state index contributed by atoms with van der Waals surface area (Å²) in [4.78, 5) is 2.62. The molecule has 2 heteroatoms. The molecule has 1 aromatic rings. The van der Waals surface area contributed by atoms with Crippen molar-refractivity contribution in [3.8, 4) is 0 Å². The summed E-state index contributed by atoms with van der Waals surface area (Å²) in [6.07, 6.45) is 1.12. The van der Waals surface area contributed by atoms with Crippen molar-refractivity contribution < 1.29 is 0 Å². The molecule has 0 saturated carbocycles. The average molecular weight is 274 g/mol. The van der Waals surface area contributed by atoms with Crippen LogP contribution in [-0.4, -0.2) is 30.1 Å². The molecular formula is C18H30N2. The van der Waals surface area contributed by atoms with E-state index in [1.54, 1.807) is 0 Å². The van der Waals surface area contributed by atoms with Crippen molar-refractivity contribution in [1.29, 1.82) is 0 Å². The molecule has 2 rings (SSSR count). The third kappa shape index (κ3) is 3.83. The number of nitrogens with one attached hydrogen (secondary N) is 1. The van der Waals surface area contributed by atoms with E-state index in [4.69, 9.17) is 0 Å². The van der Waals surface area contributed by atoms with E-state index < -0.39 is 0 Å². The van der Waals surface area contributed by atoms with Crippen molar-refractivity contribution >= 4 is 0 Å². The van der Waals surface area contributed by atoms with Gasteiger partial charge in [0.25, 0.3) is 0 Å². The van der Waals surface area contributed by atoms with Gasteiger partial charge in [-0.15, -0.1) is 0 Å². The molecule has 2 nitrogen and oxygen atoms in total. The summed E-state index contributed by atoms with van der Waals surface area (Å²) in [7, 11) is 0. The molecule has 1 heterocycles. The van der Waals surface area contributed by atoms with E-state index in [9.17, 15) is 0 Å². The van der Waals surface area contributed by atoms with Crippen LogP contribution >= 0.6 is 0 Å². The fourth-order valence-electron chi connectivity index (χ4n) is 2.84. The molecule has 0 radical (unpaired) electrons. The van der Waals surface area contributed by atoms with Crippen LogP contribution in [0.4, 0.5) is 0 Å². The molecule has 0 aliphatic carbocycles. The van der Waals surface area contributed by atoms with Gasteiger partial charge in [0.05, 0.1) is 0 Å². The molecule has 1 aliphatic heterocycles. The summed E-state index contributed by atoms with van der Waals surface area (Å²) in [5.41, 5.74) is 3.18. The predicted molar refractivity (Wildman–Crippen MR) is 86.9 cm³/mol. The first-order chi connectivity index (χ1) is 9.40. The predicted octanol–water partition coefficient (Wildman–Crippen LogP) is 3.46. The van der Waals surface area contributed by atoms with Crippen LogP contribution in [0.15, 0.2) is 24.3 Å². The molecule has 1 N–H and O–H groups in total. The third-order valence-electron chi connectivity index (χ3n) is 4.56. The minimum atomic E-state index is 0.324. The van der Waals surface area contributed by atoms with Gasteiger partial charge in [-0.25, -0.2) is 0 Å². The van der Waals surface area contributed by atoms with Crippen LogP contribution in [0.1, 0.15) is 45.7 Å². The highest BCUT2D eigenvalue weighted by atomic mass is 15.2. The van der Waals surface area contributed by atoms with E-state index in [2.05, 4.69) is 69.1 Å². The lowest BCUT2D eigenvalue weighted by atomic mass is 9.84. The lowest BCUT2D eigenvalue weighted by Gasteiger charge is -2.44. The van der Waals surface area contributed by atoms with Gasteiger partial charge in [-0.2, -0.15) is 0 Å². The largest absolute Gasteiger partial charge is 0.311 e. The second-order valence-electron chi connectivity index (χ2n) is 7.28. The van der Waals surface area contributed by atoms with E-state index in [1.165, 1.54) is 11.1 Å². The monoisotopic (exact) mass is 274 g/mol. The van der Waals surface area contributed by atoms with Gasteiger partial charge >= 0.3 is 0 Å². The van der Waals surface area contributed by atoms with Gasteiger partial charge in [-0.1, -0.05) is 52.0 Å². The quantitative estimate of drug-likeness (QED) is 0.908. The molecule has 20 heavy (non-hydrogen) atoms. The number of aryl methyl sites for hydroxylation is 1. The van der Waals surface area contributed by atoms with Crippen LogP contribution in [0.25, 0.3) is 0 Å². The molecule has 0 spiro atoms. The Labute approximate surface area is 124 Å². The van der Waals surface area contributed by atoms with Crippen LogP contribution in [0, 0.1) is 5.41 Å². The van der Waals surface area contributed by atoms with Crippen molar-refractivity contribution in [2.45, 2.75) is 59.7 Å². The molecule has 0 aromatic heterocycles. The Morgan fingerprint density at radius 2 is 1.75 bits per heavy atom. The van der Waals surface area contributed by atoms with Gasteiger partial charge in [0.2, 0.25) is 0 Å². The number of hydrogen-bond acceptors (Lipinski definition) is 2. The summed E-state index contributed by atoms with van der Waals surface area (Å²) < 4.78 is 0. The van der Waals surface area contributed by atoms with E-state index >= 15 is 0 Å².